The number of hydrogen-bond donors (Lipinski definition) is 1. The van der Waals surface area contributed by atoms with Crippen molar-refractivity contribution in [2.24, 2.45) is 0 Å². The zero-order valence-electron chi connectivity index (χ0n) is 9.77. The SMILES string of the molecule is OC(c1cccc(Cl)c1)c1cc(Br)c2c(c1)OCO2. The molecule has 1 aliphatic heterocycles. The van der Waals surface area contributed by atoms with Crippen molar-refractivity contribution in [1.82, 2.24) is 0 Å². The van der Waals surface area contributed by atoms with Crippen LogP contribution < -0.4 is 9.47 Å². The molecular weight excluding hydrogens is 332 g/mol. The fraction of sp³-hybridized carbons (Fsp3) is 0.143. The molecule has 0 bridgehead atoms. The lowest BCUT2D eigenvalue weighted by molar-refractivity contribution is 0.173. The summed E-state index contributed by atoms with van der Waals surface area (Å²) in [6, 6.07) is 10.7. The normalized spacial score (nSPS) is 14.5. The molecule has 1 unspecified atom stereocenters. The molecule has 0 aliphatic carbocycles. The van der Waals surface area contributed by atoms with Crippen LogP contribution in [0.5, 0.6) is 11.5 Å². The van der Waals surface area contributed by atoms with Crippen molar-refractivity contribution in [2.45, 2.75) is 6.10 Å². The molecule has 0 saturated heterocycles. The second-order valence-corrected chi connectivity index (χ2v) is 5.48. The number of aliphatic hydroxyl groups excluding tert-OH is 1. The number of hydrogen-bond acceptors (Lipinski definition) is 3. The molecule has 2 aromatic carbocycles. The van der Waals surface area contributed by atoms with Gasteiger partial charge in [0.15, 0.2) is 11.5 Å². The van der Waals surface area contributed by atoms with E-state index < -0.39 is 6.10 Å². The van der Waals surface area contributed by atoms with Crippen LogP contribution in [0, 0.1) is 0 Å². The fourth-order valence-electron chi connectivity index (χ4n) is 2.01. The van der Waals surface area contributed by atoms with E-state index >= 15 is 0 Å². The first-order valence-corrected chi connectivity index (χ1v) is 6.85. The molecule has 98 valence electrons. The van der Waals surface area contributed by atoms with Gasteiger partial charge < -0.3 is 14.6 Å². The molecule has 1 N–H and O–H groups in total. The molecule has 3 rings (SSSR count). The smallest absolute Gasteiger partial charge is 0.231 e. The van der Waals surface area contributed by atoms with E-state index in [0.29, 0.717) is 16.5 Å². The monoisotopic (exact) mass is 340 g/mol. The van der Waals surface area contributed by atoms with Crippen LogP contribution in [0.3, 0.4) is 0 Å². The lowest BCUT2D eigenvalue weighted by Gasteiger charge is -2.13. The first-order valence-electron chi connectivity index (χ1n) is 5.68. The van der Waals surface area contributed by atoms with Gasteiger partial charge in [-0.3, -0.25) is 0 Å². The van der Waals surface area contributed by atoms with Crippen LogP contribution in [0.1, 0.15) is 17.2 Å². The van der Waals surface area contributed by atoms with Gasteiger partial charge in [0.1, 0.15) is 6.10 Å². The summed E-state index contributed by atoms with van der Waals surface area (Å²) >= 11 is 9.35. The summed E-state index contributed by atoms with van der Waals surface area (Å²) in [5, 5.41) is 11.0. The Hall–Kier alpha value is -1.23. The number of halogens is 2. The zero-order valence-corrected chi connectivity index (χ0v) is 12.1. The van der Waals surface area contributed by atoms with E-state index in [1.165, 1.54) is 0 Å². The van der Waals surface area contributed by atoms with Crippen LogP contribution in [-0.2, 0) is 0 Å². The Morgan fingerprint density at radius 1 is 1.16 bits per heavy atom. The molecule has 0 saturated carbocycles. The van der Waals surface area contributed by atoms with Crippen molar-refractivity contribution in [3.63, 3.8) is 0 Å². The molecule has 0 fully saturated rings. The van der Waals surface area contributed by atoms with Gasteiger partial charge in [0.2, 0.25) is 6.79 Å². The van der Waals surface area contributed by atoms with E-state index in [0.717, 1.165) is 15.6 Å². The largest absolute Gasteiger partial charge is 0.454 e. The van der Waals surface area contributed by atoms with E-state index in [9.17, 15) is 5.11 Å². The number of aliphatic hydroxyl groups is 1. The average Bonchev–Trinajstić information content (AvgIpc) is 2.86. The molecule has 5 heteroatoms. The third-order valence-corrected chi connectivity index (χ3v) is 3.75. The summed E-state index contributed by atoms with van der Waals surface area (Å²) in [7, 11) is 0. The molecule has 0 radical (unpaired) electrons. The number of ether oxygens (including phenoxy) is 2. The van der Waals surface area contributed by atoms with Crippen LogP contribution in [0.15, 0.2) is 40.9 Å². The van der Waals surface area contributed by atoms with E-state index in [1.54, 1.807) is 18.2 Å². The van der Waals surface area contributed by atoms with Gasteiger partial charge in [-0.1, -0.05) is 23.7 Å². The molecule has 3 nitrogen and oxygen atoms in total. The number of benzene rings is 2. The summed E-state index contributed by atoms with van der Waals surface area (Å²) in [4.78, 5) is 0. The second kappa shape index (κ2) is 5.04. The highest BCUT2D eigenvalue weighted by molar-refractivity contribution is 9.10. The van der Waals surface area contributed by atoms with Gasteiger partial charge in [-0.2, -0.15) is 0 Å². The molecule has 1 atom stereocenters. The van der Waals surface area contributed by atoms with Crippen LogP contribution in [-0.4, -0.2) is 11.9 Å². The highest BCUT2D eigenvalue weighted by atomic mass is 79.9. The highest BCUT2D eigenvalue weighted by Crippen LogP contribution is 2.42. The molecule has 0 aromatic heterocycles. The van der Waals surface area contributed by atoms with E-state index in [2.05, 4.69) is 15.9 Å². The van der Waals surface area contributed by atoms with Crippen molar-refractivity contribution in [3.8, 4) is 11.5 Å². The van der Waals surface area contributed by atoms with Gasteiger partial charge in [-0.15, -0.1) is 0 Å². The van der Waals surface area contributed by atoms with Crippen LogP contribution in [0.4, 0.5) is 0 Å². The van der Waals surface area contributed by atoms with E-state index in [1.807, 2.05) is 18.2 Å². The molecule has 1 heterocycles. The van der Waals surface area contributed by atoms with Crippen molar-refractivity contribution in [3.05, 3.63) is 57.0 Å². The van der Waals surface area contributed by atoms with Gasteiger partial charge in [0.05, 0.1) is 4.47 Å². The van der Waals surface area contributed by atoms with E-state index in [-0.39, 0.29) is 6.79 Å². The Kier molecular flexibility index (Phi) is 3.39. The highest BCUT2D eigenvalue weighted by Gasteiger charge is 2.21. The topological polar surface area (TPSA) is 38.7 Å². The summed E-state index contributed by atoms with van der Waals surface area (Å²) in [6.07, 6.45) is -0.760. The quantitative estimate of drug-likeness (QED) is 0.900. The third kappa shape index (κ3) is 2.43. The second-order valence-electron chi connectivity index (χ2n) is 4.19. The summed E-state index contributed by atoms with van der Waals surface area (Å²) in [5.74, 6) is 1.30. The summed E-state index contributed by atoms with van der Waals surface area (Å²) in [6.45, 7) is 0.199. The van der Waals surface area contributed by atoms with E-state index in [4.69, 9.17) is 21.1 Å². The maximum Gasteiger partial charge on any atom is 0.231 e. The Morgan fingerprint density at radius 2 is 2.00 bits per heavy atom. The van der Waals surface area contributed by atoms with Crippen molar-refractivity contribution in [2.75, 3.05) is 6.79 Å². The standard InChI is InChI=1S/C14H10BrClO3/c15-11-5-9(6-12-14(11)19-7-18-12)13(17)8-2-1-3-10(16)4-8/h1-6,13,17H,7H2. The van der Waals surface area contributed by atoms with Crippen molar-refractivity contribution < 1.29 is 14.6 Å². The summed E-state index contributed by atoms with van der Waals surface area (Å²) < 4.78 is 11.4. The lowest BCUT2D eigenvalue weighted by atomic mass is 10.0. The van der Waals surface area contributed by atoms with Gasteiger partial charge in [0, 0.05) is 5.02 Å². The predicted molar refractivity (Wildman–Crippen MR) is 75.8 cm³/mol. The Morgan fingerprint density at radius 3 is 2.79 bits per heavy atom. The maximum absolute atomic E-state index is 10.4. The minimum atomic E-state index is -0.760. The molecule has 1 aliphatic rings. The van der Waals surface area contributed by atoms with Gasteiger partial charge in [-0.25, -0.2) is 0 Å². The molecule has 0 amide bonds. The lowest BCUT2D eigenvalue weighted by Crippen LogP contribution is -1.99. The molecule has 2 aromatic rings. The van der Waals surface area contributed by atoms with Crippen LogP contribution in [0.25, 0.3) is 0 Å². The van der Waals surface area contributed by atoms with Gasteiger partial charge in [-0.05, 0) is 51.3 Å². The Bertz CT molecular complexity index is 630. The first kappa shape index (κ1) is 12.8. The van der Waals surface area contributed by atoms with Crippen molar-refractivity contribution in [1.29, 1.82) is 0 Å². The van der Waals surface area contributed by atoms with Crippen LogP contribution >= 0.6 is 27.5 Å². The summed E-state index contributed by atoms with van der Waals surface area (Å²) in [5.41, 5.74) is 1.46. The number of fused-ring (bicyclic) bond motifs is 1. The van der Waals surface area contributed by atoms with Crippen molar-refractivity contribution >= 4 is 27.5 Å². The minimum Gasteiger partial charge on any atom is -0.454 e. The first-order chi connectivity index (χ1) is 9.15. The zero-order chi connectivity index (χ0) is 13.4. The van der Waals surface area contributed by atoms with Crippen LogP contribution in [0.2, 0.25) is 5.02 Å². The minimum absolute atomic E-state index is 0.199. The number of rotatable bonds is 2. The van der Waals surface area contributed by atoms with Gasteiger partial charge in [0.25, 0.3) is 0 Å². The van der Waals surface area contributed by atoms with Gasteiger partial charge >= 0.3 is 0 Å². The fourth-order valence-corrected chi connectivity index (χ4v) is 2.79. The molecule has 19 heavy (non-hydrogen) atoms. The maximum atomic E-state index is 10.4. The Labute approximate surface area is 123 Å². The predicted octanol–water partition coefficient (Wildman–Crippen LogP) is 3.91. The molecular formula is C14H10BrClO3. The average molecular weight is 342 g/mol. The Balaban J connectivity index is 2.00. The third-order valence-electron chi connectivity index (χ3n) is 2.93. The molecule has 0 spiro atoms.